The number of hydrogen-bond acceptors (Lipinski definition) is 6. The Hall–Kier alpha value is -3.55. The van der Waals surface area contributed by atoms with E-state index in [0.717, 1.165) is 4.68 Å². The first-order valence-electron chi connectivity index (χ1n) is 7.85. The molecule has 3 rings (SSSR count). The predicted molar refractivity (Wildman–Crippen MR) is 94.9 cm³/mol. The molecule has 0 radical (unpaired) electrons. The first-order valence-corrected chi connectivity index (χ1v) is 7.85. The lowest BCUT2D eigenvalue weighted by Gasteiger charge is -2.15. The van der Waals surface area contributed by atoms with Crippen molar-refractivity contribution in [2.45, 2.75) is 13.0 Å². The summed E-state index contributed by atoms with van der Waals surface area (Å²) in [7, 11) is 1.26. The zero-order valence-electron chi connectivity index (χ0n) is 14.2. The molecule has 1 atom stereocenters. The molecule has 1 heterocycles. The number of ether oxygens (including phenoxy) is 1. The van der Waals surface area contributed by atoms with Crippen LogP contribution < -0.4 is 10.9 Å². The number of nitrogens with one attached hydrogen (secondary N) is 1. The molecular formula is C18H16N4O4. The molecule has 2 aromatic carbocycles. The predicted octanol–water partition coefficient (Wildman–Crippen LogP) is 1.78. The second-order valence-corrected chi connectivity index (χ2v) is 5.56. The van der Waals surface area contributed by atoms with Gasteiger partial charge in [-0.15, -0.1) is 5.10 Å². The molecule has 0 saturated carbocycles. The molecule has 1 unspecified atom stereocenters. The van der Waals surface area contributed by atoms with Crippen LogP contribution in [-0.2, 0) is 9.53 Å². The maximum absolute atomic E-state index is 12.6. The summed E-state index contributed by atoms with van der Waals surface area (Å²) in [5.41, 5.74) is 0.544. The van der Waals surface area contributed by atoms with Crippen LogP contribution in [0.15, 0.2) is 53.3 Å². The topological polar surface area (TPSA) is 103 Å². The van der Waals surface area contributed by atoms with Gasteiger partial charge in [0.25, 0.3) is 5.56 Å². The zero-order chi connectivity index (χ0) is 18.7. The molecule has 0 aliphatic heterocycles. The van der Waals surface area contributed by atoms with E-state index in [4.69, 9.17) is 4.74 Å². The van der Waals surface area contributed by atoms with Crippen LogP contribution in [0.1, 0.15) is 23.3 Å². The number of benzene rings is 2. The minimum absolute atomic E-state index is 0.215. The summed E-state index contributed by atoms with van der Waals surface area (Å²) in [6, 6.07) is 12.3. The van der Waals surface area contributed by atoms with Crippen LogP contribution >= 0.6 is 0 Å². The van der Waals surface area contributed by atoms with E-state index in [1.165, 1.54) is 20.1 Å². The van der Waals surface area contributed by atoms with E-state index in [-0.39, 0.29) is 11.3 Å². The highest BCUT2D eigenvalue weighted by molar-refractivity contribution is 6.02. The normalized spacial score (nSPS) is 11.8. The second-order valence-electron chi connectivity index (χ2n) is 5.56. The molecule has 1 N–H and O–H groups in total. The van der Waals surface area contributed by atoms with Gasteiger partial charge in [0.1, 0.15) is 11.6 Å². The number of aromatic nitrogens is 3. The van der Waals surface area contributed by atoms with Crippen molar-refractivity contribution in [1.29, 1.82) is 0 Å². The summed E-state index contributed by atoms with van der Waals surface area (Å²) in [4.78, 5) is 36.9. The summed E-state index contributed by atoms with van der Waals surface area (Å²) in [6.07, 6.45) is 0. The Bertz CT molecular complexity index is 1040. The van der Waals surface area contributed by atoms with E-state index >= 15 is 0 Å². The maximum atomic E-state index is 12.6. The van der Waals surface area contributed by atoms with Crippen molar-refractivity contribution >= 4 is 28.5 Å². The molecule has 1 amide bonds. The molecule has 0 saturated heterocycles. The molecule has 0 aliphatic carbocycles. The van der Waals surface area contributed by atoms with E-state index in [9.17, 15) is 14.4 Å². The number of esters is 1. The molecule has 0 aliphatic rings. The van der Waals surface area contributed by atoms with Gasteiger partial charge in [0.05, 0.1) is 23.7 Å². The van der Waals surface area contributed by atoms with E-state index in [1.807, 2.05) is 0 Å². The molecule has 3 aromatic rings. The average Bonchev–Trinajstić information content (AvgIpc) is 2.67. The Morgan fingerprint density at radius 1 is 1.12 bits per heavy atom. The van der Waals surface area contributed by atoms with Crippen LogP contribution in [0.5, 0.6) is 0 Å². The van der Waals surface area contributed by atoms with Gasteiger partial charge in [0, 0.05) is 0 Å². The van der Waals surface area contributed by atoms with Crippen molar-refractivity contribution in [2.75, 3.05) is 12.4 Å². The molecule has 8 nitrogen and oxygen atoms in total. The Labute approximate surface area is 148 Å². The van der Waals surface area contributed by atoms with Crippen LogP contribution in [0.25, 0.3) is 10.9 Å². The largest absolute Gasteiger partial charge is 0.465 e. The van der Waals surface area contributed by atoms with Gasteiger partial charge in [-0.3, -0.25) is 9.59 Å². The molecule has 8 heteroatoms. The van der Waals surface area contributed by atoms with Crippen molar-refractivity contribution in [2.24, 2.45) is 0 Å². The number of anilines is 1. The van der Waals surface area contributed by atoms with E-state index < -0.39 is 23.5 Å². The molecule has 0 bridgehead atoms. The highest BCUT2D eigenvalue weighted by atomic mass is 16.5. The molecule has 0 spiro atoms. The molecule has 26 heavy (non-hydrogen) atoms. The zero-order valence-corrected chi connectivity index (χ0v) is 14.2. The van der Waals surface area contributed by atoms with Crippen molar-refractivity contribution in [1.82, 2.24) is 15.0 Å². The lowest BCUT2D eigenvalue weighted by Crippen LogP contribution is -2.34. The minimum atomic E-state index is -0.926. The number of methoxy groups -OCH3 is 1. The van der Waals surface area contributed by atoms with Crippen LogP contribution in [0, 0.1) is 0 Å². The van der Waals surface area contributed by atoms with Gasteiger partial charge in [0.15, 0.2) is 0 Å². The van der Waals surface area contributed by atoms with Gasteiger partial charge in [-0.25, -0.2) is 4.79 Å². The fraction of sp³-hybridized carbons (Fsp3) is 0.167. The van der Waals surface area contributed by atoms with Crippen molar-refractivity contribution < 1.29 is 14.3 Å². The summed E-state index contributed by atoms with van der Waals surface area (Å²) in [5.74, 6) is -1.08. The smallest absolute Gasteiger partial charge is 0.339 e. The summed E-state index contributed by atoms with van der Waals surface area (Å²) >= 11 is 0. The number of rotatable bonds is 4. The first kappa shape index (κ1) is 17.3. The van der Waals surface area contributed by atoms with Gasteiger partial charge in [-0.1, -0.05) is 29.5 Å². The van der Waals surface area contributed by atoms with Crippen molar-refractivity contribution in [3.05, 3.63) is 64.4 Å². The molecule has 132 valence electrons. The Morgan fingerprint density at radius 3 is 2.58 bits per heavy atom. The minimum Gasteiger partial charge on any atom is -0.465 e. The number of carbonyl (C=O) groups excluding carboxylic acids is 2. The number of amides is 1. The maximum Gasteiger partial charge on any atom is 0.339 e. The lowest BCUT2D eigenvalue weighted by atomic mass is 10.1. The average molecular weight is 352 g/mol. The fourth-order valence-corrected chi connectivity index (χ4v) is 2.48. The van der Waals surface area contributed by atoms with Gasteiger partial charge >= 0.3 is 5.97 Å². The van der Waals surface area contributed by atoms with Crippen LogP contribution in [-0.4, -0.2) is 34.0 Å². The summed E-state index contributed by atoms with van der Waals surface area (Å²) in [6.45, 7) is 1.53. The van der Waals surface area contributed by atoms with E-state index in [2.05, 4.69) is 15.6 Å². The number of para-hydroxylation sites is 1. The molecular weight excluding hydrogens is 336 g/mol. The summed E-state index contributed by atoms with van der Waals surface area (Å²) < 4.78 is 5.72. The van der Waals surface area contributed by atoms with Crippen LogP contribution in [0.2, 0.25) is 0 Å². The number of hydrogen-bond donors (Lipinski definition) is 1. The van der Waals surface area contributed by atoms with Crippen molar-refractivity contribution in [3.63, 3.8) is 0 Å². The van der Waals surface area contributed by atoms with Gasteiger partial charge in [-0.2, -0.15) is 4.68 Å². The number of fused-ring (bicyclic) bond motifs is 1. The highest BCUT2D eigenvalue weighted by Crippen LogP contribution is 2.17. The van der Waals surface area contributed by atoms with Gasteiger partial charge in [-0.05, 0) is 31.2 Å². The van der Waals surface area contributed by atoms with Crippen LogP contribution in [0.3, 0.4) is 0 Å². The molecule has 1 aromatic heterocycles. The quantitative estimate of drug-likeness (QED) is 0.718. The third-order valence-electron chi connectivity index (χ3n) is 3.93. The Kier molecular flexibility index (Phi) is 4.74. The van der Waals surface area contributed by atoms with Crippen LogP contribution in [0.4, 0.5) is 5.69 Å². The number of nitrogens with zero attached hydrogens (tertiary/aromatic N) is 3. The standard InChI is InChI=1S/C18H16N4O4/c1-11(22-17(24)12-7-3-6-10-15(12)20-21-22)16(23)19-14-9-5-4-8-13(14)18(25)26-2/h3-11H,1-2H3,(H,19,23). The lowest BCUT2D eigenvalue weighted by molar-refractivity contribution is -0.119. The first-order chi connectivity index (χ1) is 12.5. The Balaban J connectivity index is 1.91. The third-order valence-corrected chi connectivity index (χ3v) is 3.93. The molecule has 0 fully saturated rings. The van der Waals surface area contributed by atoms with E-state index in [0.29, 0.717) is 10.9 Å². The fourth-order valence-electron chi connectivity index (χ4n) is 2.48. The van der Waals surface area contributed by atoms with Gasteiger partial charge in [0.2, 0.25) is 5.91 Å². The van der Waals surface area contributed by atoms with Crippen molar-refractivity contribution in [3.8, 4) is 0 Å². The van der Waals surface area contributed by atoms with E-state index in [1.54, 1.807) is 42.5 Å². The highest BCUT2D eigenvalue weighted by Gasteiger charge is 2.21. The monoisotopic (exact) mass is 352 g/mol. The van der Waals surface area contributed by atoms with Gasteiger partial charge < -0.3 is 10.1 Å². The second kappa shape index (κ2) is 7.14. The number of carbonyl (C=O) groups is 2. The third kappa shape index (κ3) is 3.16. The SMILES string of the molecule is COC(=O)c1ccccc1NC(=O)C(C)n1nnc2ccccc2c1=O. The Morgan fingerprint density at radius 2 is 1.81 bits per heavy atom. The summed E-state index contributed by atoms with van der Waals surface area (Å²) in [5, 5.41) is 10.8.